The van der Waals surface area contributed by atoms with Gasteiger partial charge in [0.1, 0.15) is 0 Å². The average molecular weight is 295 g/mol. The van der Waals surface area contributed by atoms with Gasteiger partial charge in [0.25, 0.3) is 0 Å². The quantitative estimate of drug-likeness (QED) is 0.792. The van der Waals surface area contributed by atoms with E-state index in [1.54, 1.807) is 21.3 Å². The van der Waals surface area contributed by atoms with Crippen LogP contribution in [0.2, 0.25) is 0 Å². The fourth-order valence-corrected chi connectivity index (χ4v) is 2.57. The van der Waals surface area contributed by atoms with Gasteiger partial charge in [-0.1, -0.05) is 27.7 Å². The largest absolute Gasteiger partial charge is 0.493 e. The van der Waals surface area contributed by atoms with Gasteiger partial charge in [0.15, 0.2) is 11.5 Å². The molecule has 0 aliphatic rings. The summed E-state index contributed by atoms with van der Waals surface area (Å²) in [7, 11) is 4.94. The first-order chi connectivity index (χ1) is 9.96. The van der Waals surface area contributed by atoms with Crippen molar-refractivity contribution in [1.82, 2.24) is 5.32 Å². The number of rotatable bonds is 8. The maximum atomic E-state index is 5.63. The molecule has 0 radical (unpaired) electrons. The molecule has 0 saturated heterocycles. The van der Waals surface area contributed by atoms with E-state index in [1.165, 1.54) is 0 Å². The third-order valence-corrected chi connectivity index (χ3v) is 4.15. The lowest BCUT2D eigenvalue weighted by atomic mass is 9.78. The number of benzene rings is 1. The maximum absolute atomic E-state index is 5.63. The van der Waals surface area contributed by atoms with Crippen LogP contribution in [0.4, 0.5) is 0 Å². The van der Waals surface area contributed by atoms with Crippen molar-refractivity contribution in [2.45, 2.75) is 40.2 Å². The number of methoxy groups -OCH3 is 3. The van der Waals surface area contributed by atoms with Gasteiger partial charge < -0.3 is 19.5 Å². The molecule has 4 nitrogen and oxygen atoms in total. The zero-order chi connectivity index (χ0) is 16.0. The van der Waals surface area contributed by atoms with Crippen molar-refractivity contribution in [2.24, 2.45) is 5.41 Å². The summed E-state index contributed by atoms with van der Waals surface area (Å²) in [4.78, 5) is 0. The Kier molecular flexibility index (Phi) is 6.34. The van der Waals surface area contributed by atoms with Crippen LogP contribution >= 0.6 is 0 Å². The third kappa shape index (κ3) is 3.62. The van der Waals surface area contributed by atoms with Crippen LogP contribution in [-0.2, 0) is 0 Å². The van der Waals surface area contributed by atoms with Gasteiger partial charge >= 0.3 is 0 Å². The van der Waals surface area contributed by atoms with E-state index in [9.17, 15) is 0 Å². The van der Waals surface area contributed by atoms with Crippen LogP contribution in [0.3, 0.4) is 0 Å². The van der Waals surface area contributed by atoms with Gasteiger partial charge in [-0.05, 0) is 30.5 Å². The van der Waals surface area contributed by atoms with E-state index < -0.39 is 0 Å². The molecule has 1 atom stereocenters. The monoisotopic (exact) mass is 295 g/mol. The predicted molar refractivity (Wildman–Crippen MR) is 86.6 cm³/mol. The van der Waals surface area contributed by atoms with Gasteiger partial charge in [0.2, 0.25) is 5.75 Å². The third-order valence-electron chi connectivity index (χ3n) is 4.15. The summed E-state index contributed by atoms with van der Waals surface area (Å²) in [6, 6.07) is 4.18. The Hall–Kier alpha value is -1.42. The van der Waals surface area contributed by atoms with E-state index in [-0.39, 0.29) is 11.5 Å². The minimum absolute atomic E-state index is 0.100. The SMILES string of the molecule is CCNC(c1ccc(OC)c(OC)c1OC)C(C)(C)CC. The Balaban J connectivity index is 3.44. The van der Waals surface area contributed by atoms with E-state index in [1.807, 2.05) is 6.07 Å². The fraction of sp³-hybridized carbons (Fsp3) is 0.647. The molecule has 21 heavy (non-hydrogen) atoms. The van der Waals surface area contributed by atoms with Crippen molar-refractivity contribution in [2.75, 3.05) is 27.9 Å². The Labute approximate surface area is 128 Å². The standard InChI is InChI=1S/C17H29NO3/c1-8-17(3,4)16(18-9-2)12-10-11-13(19-5)15(21-7)14(12)20-6/h10-11,16,18H,8-9H2,1-7H3. The number of hydrogen-bond donors (Lipinski definition) is 1. The highest BCUT2D eigenvalue weighted by molar-refractivity contribution is 5.57. The molecule has 0 aromatic heterocycles. The Morgan fingerprint density at radius 3 is 2.05 bits per heavy atom. The molecule has 1 aromatic carbocycles. The summed E-state index contributed by atoms with van der Waals surface area (Å²) < 4.78 is 16.5. The van der Waals surface area contributed by atoms with Gasteiger partial charge in [-0.3, -0.25) is 0 Å². The van der Waals surface area contributed by atoms with Crippen LogP contribution in [0.15, 0.2) is 12.1 Å². The Bertz CT molecular complexity index is 458. The normalized spacial score (nSPS) is 12.9. The molecule has 0 heterocycles. The zero-order valence-electron chi connectivity index (χ0n) is 14.4. The second kappa shape index (κ2) is 7.55. The molecule has 4 heteroatoms. The van der Waals surface area contributed by atoms with Crippen LogP contribution in [0, 0.1) is 5.41 Å². The average Bonchev–Trinajstić information content (AvgIpc) is 2.50. The van der Waals surface area contributed by atoms with Crippen molar-refractivity contribution in [3.63, 3.8) is 0 Å². The van der Waals surface area contributed by atoms with Crippen molar-refractivity contribution in [3.05, 3.63) is 17.7 Å². The summed E-state index contributed by atoms with van der Waals surface area (Å²) >= 11 is 0. The van der Waals surface area contributed by atoms with Crippen LogP contribution in [0.25, 0.3) is 0 Å². The molecular weight excluding hydrogens is 266 g/mol. The highest BCUT2D eigenvalue weighted by atomic mass is 16.5. The number of ether oxygens (including phenoxy) is 3. The molecular formula is C17H29NO3. The van der Waals surface area contributed by atoms with Crippen LogP contribution < -0.4 is 19.5 Å². The molecule has 0 aliphatic heterocycles. The predicted octanol–water partition coefficient (Wildman–Crippen LogP) is 3.80. The Morgan fingerprint density at radius 1 is 1.00 bits per heavy atom. The van der Waals surface area contributed by atoms with Crippen LogP contribution in [0.5, 0.6) is 17.2 Å². The molecule has 0 spiro atoms. The lowest BCUT2D eigenvalue weighted by Crippen LogP contribution is -2.34. The minimum atomic E-state index is 0.100. The summed E-state index contributed by atoms with van der Waals surface area (Å²) in [5.41, 5.74) is 1.20. The molecule has 120 valence electrons. The first-order valence-corrected chi connectivity index (χ1v) is 7.49. The van der Waals surface area contributed by atoms with Gasteiger partial charge in [-0.15, -0.1) is 0 Å². The molecule has 0 amide bonds. The fourth-order valence-electron chi connectivity index (χ4n) is 2.57. The lowest BCUT2D eigenvalue weighted by molar-refractivity contribution is 0.229. The van der Waals surface area contributed by atoms with E-state index in [4.69, 9.17) is 14.2 Å². The van der Waals surface area contributed by atoms with E-state index in [0.717, 1.165) is 24.3 Å². The topological polar surface area (TPSA) is 39.7 Å². The molecule has 1 aromatic rings. The van der Waals surface area contributed by atoms with Crippen molar-refractivity contribution >= 4 is 0 Å². The maximum Gasteiger partial charge on any atom is 0.203 e. The highest BCUT2D eigenvalue weighted by Gasteiger charge is 2.32. The second-order valence-corrected chi connectivity index (χ2v) is 5.76. The van der Waals surface area contributed by atoms with Crippen LogP contribution in [-0.4, -0.2) is 27.9 Å². The minimum Gasteiger partial charge on any atom is -0.493 e. The number of nitrogens with one attached hydrogen (secondary N) is 1. The first-order valence-electron chi connectivity index (χ1n) is 7.49. The molecule has 0 aliphatic carbocycles. The van der Waals surface area contributed by atoms with Crippen molar-refractivity contribution < 1.29 is 14.2 Å². The van der Waals surface area contributed by atoms with Crippen molar-refractivity contribution in [3.8, 4) is 17.2 Å². The van der Waals surface area contributed by atoms with Crippen molar-refractivity contribution in [1.29, 1.82) is 0 Å². The highest BCUT2D eigenvalue weighted by Crippen LogP contribution is 2.46. The van der Waals surface area contributed by atoms with E-state index >= 15 is 0 Å². The van der Waals surface area contributed by atoms with Gasteiger partial charge in [-0.25, -0.2) is 0 Å². The van der Waals surface area contributed by atoms with Gasteiger partial charge in [0, 0.05) is 11.6 Å². The molecule has 1 unspecified atom stereocenters. The number of hydrogen-bond acceptors (Lipinski definition) is 4. The van der Waals surface area contributed by atoms with Gasteiger partial charge in [0.05, 0.1) is 21.3 Å². The second-order valence-electron chi connectivity index (χ2n) is 5.76. The summed E-state index contributed by atoms with van der Waals surface area (Å²) in [6.07, 6.45) is 1.06. The zero-order valence-corrected chi connectivity index (χ0v) is 14.4. The lowest BCUT2D eigenvalue weighted by Gasteiger charge is -2.35. The molecule has 1 rings (SSSR count). The van der Waals surface area contributed by atoms with Gasteiger partial charge in [-0.2, -0.15) is 0 Å². The summed E-state index contributed by atoms with van der Waals surface area (Å²) in [5, 5.41) is 3.58. The molecule has 1 N–H and O–H groups in total. The van der Waals surface area contributed by atoms with E-state index in [0.29, 0.717) is 11.5 Å². The molecule has 0 bridgehead atoms. The summed E-state index contributed by atoms with van der Waals surface area (Å²) in [6.45, 7) is 9.74. The first kappa shape index (κ1) is 17.6. The van der Waals surface area contributed by atoms with E-state index in [2.05, 4.69) is 39.1 Å². The smallest absolute Gasteiger partial charge is 0.203 e. The summed E-state index contributed by atoms with van der Waals surface area (Å²) in [5.74, 6) is 2.07. The van der Waals surface area contributed by atoms with Crippen LogP contribution in [0.1, 0.15) is 45.7 Å². The molecule has 0 saturated carbocycles. The Morgan fingerprint density at radius 2 is 1.62 bits per heavy atom. The molecule has 0 fully saturated rings.